The highest BCUT2D eigenvalue weighted by molar-refractivity contribution is 5.71. The topological polar surface area (TPSA) is 78.9 Å². The lowest BCUT2D eigenvalue weighted by Crippen LogP contribution is -2.30. The zero-order valence-electron chi connectivity index (χ0n) is 53.5. The van der Waals surface area contributed by atoms with Gasteiger partial charge in [-0.1, -0.05) is 323 Å². The van der Waals surface area contributed by atoms with Crippen LogP contribution in [0.5, 0.6) is 0 Å². The fourth-order valence-corrected chi connectivity index (χ4v) is 9.96. The van der Waals surface area contributed by atoms with Crippen molar-refractivity contribution in [2.45, 2.75) is 348 Å². The molecule has 0 aromatic carbocycles. The van der Waals surface area contributed by atoms with Gasteiger partial charge < -0.3 is 14.2 Å². The summed E-state index contributed by atoms with van der Waals surface area (Å²) in [5.41, 5.74) is 0. The molecule has 1 atom stereocenters. The smallest absolute Gasteiger partial charge is 0.306 e. The SMILES string of the molecule is CC/C=C\C/C=C\C/C=C\C/C=C\C/C=C\CCCCCC(=O)OC(COC(=O)CCCCCCC/C=C\C/C=C\C/C=C\CC)COC(=O)CCCCCCCCCCCCCCCCCCCCCCCCCCCCCCC. The number of hydrogen-bond donors (Lipinski definition) is 0. The summed E-state index contributed by atoms with van der Waals surface area (Å²) in [5, 5.41) is 0. The molecule has 466 valence electrons. The molecule has 0 rings (SSSR count). The van der Waals surface area contributed by atoms with E-state index in [0.717, 1.165) is 135 Å². The summed E-state index contributed by atoms with van der Waals surface area (Å²) in [5.74, 6) is -0.932. The largest absolute Gasteiger partial charge is 0.462 e. The third kappa shape index (κ3) is 67.0. The Morgan fingerprint density at radius 2 is 0.481 bits per heavy atom. The average molecular weight is 1130 g/mol. The quantitative estimate of drug-likeness (QED) is 0.0261. The molecule has 0 N–H and O–H groups in total. The van der Waals surface area contributed by atoms with E-state index in [-0.39, 0.29) is 37.5 Å². The van der Waals surface area contributed by atoms with Crippen LogP contribution < -0.4 is 0 Å². The number of esters is 3. The average Bonchev–Trinajstić information content (AvgIpc) is 3.47. The molecule has 1 unspecified atom stereocenters. The van der Waals surface area contributed by atoms with E-state index in [4.69, 9.17) is 14.2 Å². The summed E-state index contributed by atoms with van der Waals surface area (Å²) in [6, 6.07) is 0. The zero-order chi connectivity index (χ0) is 58.5. The number of carbonyl (C=O) groups excluding carboxylic acids is 3. The van der Waals surface area contributed by atoms with E-state index < -0.39 is 6.10 Å². The molecular weight excluding hydrogens is 997 g/mol. The normalized spacial score (nSPS) is 12.7. The maximum Gasteiger partial charge on any atom is 0.306 e. The second-order valence-corrected chi connectivity index (χ2v) is 23.0. The van der Waals surface area contributed by atoms with E-state index >= 15 is 0 Å². The summed E-state index contributed by atoms with van der Waals surface area (Å²) in [6.45, 7) is 6.42. The highest BCUT2D eigenvalue weighted by Crippen LogP contribution is 2.18. The van der Waals surface area contributed by atoms with Crippen LogP contribution in [0.2, 0.25) is 0 Å². The molecule has 0 spiro atoms. The maximum atomic E-state index is 12.9. The van der Waals surface area contributed by atoms with Crippen LogP contribution in [0.25, 0.3) is 0 Å². The maximum absolute atomic E-state index is 12.9. The Bertz CT molecular complexity index is 1580. The van der Waals surface area contributed by atoms with Crippen LogP contribution in [-0.2, 0) is 28.6 Å². The molecular formula is C75H130O6. The third-order valence-electron chi connectivity index (χ3n) is 15.1. The van der Waals surface area contributed by atoms with Crippen molar-refractivity contribution in [1.82, 2.24) is 0 Å². The van der Waals surface area contributed by atoms with E-state index in [9.17, 15) is 14.4 Å². The number of unbranched alkanes of at least 4 members (excludes halogenated alkanes) is 36. The molecule has 0 fully saturated rings. The Kier molecular flexibility index (Phi) is 65.7. The van der Waals surface area contributed by atoms with Crippen molar-refractivity contribution in [3.05, 3.63) is 97.2 Å². The first kappa shape index (κ1) is 77.3. The molecule has 0 radical (unpaired) electrons. The molecule has 0 saturated heterocycles. The number of hydrogen-bond acceptors (Lipinski definition) is 6. The second kappa shape index (κ2) is 68.8. The highest BCUT2D eigenvalue weighted by atomic mass is 16.6. The predicted molar refractivity (Wildman–Crippen MR) is 353 cm³/mol. The van der Waals surface area contributed by atoms with Gasteiger partial charge in [0.2, 0.25) is 0 Å². The monoisotopic (exact) mass is 1130 g/mol. The van der Waals surface area contributed by atoms with Crippen molar-refractivity contribution in [2.75, 3.05) is 13.2 Å². The Labute approximate surface area is 502 Å². The third-order valence-corrected chi connectivity index (χ3v) is 15.1. The molecule has 0 aliphatic heterocycles. The number of rotatable bonds is 63. The first-order chi connectivity index (χ1) is 40.0. The summed E-state index contributed by atoms with van der Waals surface area (Å²) in [7, 11) is 0. The number of ether oxygens (including phenoxy) is 3. The predicted octanol–water partition coefficient (Wildman–Crippen LogP) is 24.0. The van der Waals surface area contributed by atoms with E-state index in [0.29, 0.717) is 12.8 Å². The van der Waals surface area contributed by atoms with Gasteiger partial charge in [-0.3, -0.25) is 14.4 Å². The molecule has 0 amide bonds. The molecule has 0 aromatic rings. The van der Waals surface area contributed by atoms with Crippen molar-refractivity contribution in [3.63, 3.8) is 0 Å². The summed E-state index contributed by atoms with van der Waals surface area (Å²) in [4.78, 5) is 38.4. The van der Waals surface area contributed by atoms with Gasteiger partial charge in [0, 0.05) is 19.3 Å². The van der Waals surface area contributed by atoms with E-state index in [2.05, 4.69) is 118 Å². The second-order valence-electron chi connectivity index (χ2n) is 23.0. The Balaban J connectivity index is 4.29. The van der Waals surface area contributed by atoms with Gasteiger partial charge in [0.25, 0.3) is 0 Å². The minimum absolute atomic E-state index is 0.0947. The number of carbonyl (C=O) groups is 3. The van der Waals surface area contributed by atoms with Crippen LogP contribution in [-0.4, -0.2) is 37.2 Å². The summed E-state index contributed by atoms with van der Waals surface area (Å²) >= 11 is 0. The van der Waals surface area contributed by atoms with E-state index in [1.54, 1.807) is 0 Å². The lowest BCUT2D eigenvalue weighted by atomic mass is 10.0. The van der Waals surface area contributed by atoms with Crippen molar-refractivity contribution < 1.29 is 28.6 Å². The van der Waals surface area contributed by atoms with Gasteiger partial charge >= 0.3 is 17.9 Å². The van der Waals surface area contributed by atoms with Gasteiger partial charge in [-0.25, -0.2) is 0 Å². The van der Waals surface area contributed by atoms with Crippen LogP contribution in [0.3, 0.4) is 0 Å². The number of allylic oxidation sites excluding steroid dienone is 16. The molecule has 0 aliphatic rings. The van der Waals surface area contributed by atoms with Gasteiger partial charge in [0.05, 0.1) is 0 Å². The van der Waals surface area contributed by atoms with Crippen LogP contribution in [0.15, 0.2) is 97.2 Å². The molecule has 6 heteroatoms. The minimum Gasteiger partial charge on any atom is -0.462 e. The summed E-state index contributed by atoms with van der Waals surface area (Å²) in [6.07, 6.45) is 93.0. The molecule has 0 heterocycles. The first-order valence-electron chi connectivity index (χ1n) is 34.7. The van der Waals surface area contributed by atoms with Crippen LogP contribution >= 0.6 is 0 Å². The molecule has 6 nitrogen and oxygen atoms in total. The van der Waals surface area contributed by atoms with Gasteiger partial charge in [-0.05, 0) is 96.3 Å². The molecule has 0 bridgehead atoms. The lowest BCUT2D eigenvalue weighted by Gasteiger charge is -2.18. The van der Waals surface area contributed by atoms with Gasteiger partial charge in [0.1, 0.15) is 13.2 Å². The minimum atomic E-state index is -0.804. The van der Waals surface area contributed by atoms with Crippen molar-refractivity contribution in [2.24, 2.45) is 0 Å². The van der Waals surface area contributed by atoms with E-state index in [1.807, 2.05) is 0 Å². The Hall–Kier alpha value is -3.67. The lowest BCUT2D eigenvalue weighted by molar-refractivity contribution is -0.167. The molecule has 0 saturated carbocycles. The standard InChI is InChI=1S/C75H130O6/c1-4-7-10-13-16-19-22-25-28-30-32-33-34-35-36-37-38-39-40-41-43-44-47-50-53-56-59-62-65-68-74(77)80-71-72(70-79-73(76)67-64-61-58-55-52-49-46-27-24-21-18-15-12-9-6-3)81-75(78)69-66-63-60-57-54-51-48-45-42-31-29-26-23-20-17-14-11-8-5-2/h8-9,11-12,17-18,20-21,26-27,29,42,45-46,51,54,72H,4-7,10,13-16,19,22-25,28,30-41,43-44,47-50,52-53,55-71H2,1-3H3/b11-8-,12-9-,20-17-,21-18-,29-26-,45-42-,46-27-,54-51-. The van der Waals surface area contributed by atoms with Gasteiger partial charge in [0.15, 0.2) is 6.10 Å². The van der Waals surface area contributed by atoms with E-state index in [1.165, 1.54) is 167 Å². The Morgan fingerprint density at radius 1 is 0.259 bits per heavy atom. The zero-order valence-corrected chi connectivity index (χ0v) is 53.5. The van der Waals surface area contributed by atoms with Gasteiger partial charge in [-0.15, -0.1) is 0 Å². The Morgan fingerprint density at radius 3 is 0.765 bits per heavy atom. The van der Waals surface area contributed by atoms with Crippen molar-refractivity contribution in [3.8, 4) is 0 Å². The molecule has 0 aliphatic carbocycles. The van der Waals surface area contributed by atoms with Crippen LogP contribution in [0.1, 0.15) is 342 Å². The fraction of sp³-hybridized carbons (Fsp3) is 0.747. The van der Waals surface area contributed by atoms with Crippen molar-refractivity contribution >= 4 is 17.9 Å². The first-order valence-corrected chi connectivity index (χ1v) is 34.7. The summed E-state index contributed by atoms with van der Waals surface area (Å²) < 4.78 is 16.9. The van der Waals surface area contributed by atoms with Crippen LogP contribution in [0, 0.1) is 0 Å². The highest BCUT2D eigenvalue weighted by Gasteiger charge is 2.19. The van der Waals surface area contributed by atoms with Crippen molar-refractivity contribution in [1.29, 1.82) is 0 Å². The van der Waals surface area contributed by atoms with Gasteiger partial charge in [-0.2, -0.15) is 0 Å². The molecule has 81 heavy (non-hydrogen) atoms. The fourth-order valence-electron chi connectivity index (χ4n) is 9.96. The van der Waals surface area contributed by atoms with Crippen LogP contribution in [0.4, 0.5) is 0 Å². The molecule has 0 aromatic heterocycles.